The van der Waals surface area contributed by atoms with Gasteiger partial charge in [0.05, 0.1) is 22.2 Å². The highest BCUT2D eigenvalue weighted by atomic mass is 35.5. The van der Waals surface area contributed by atoms with Crippen molar-refractivity contribution in [2.45, 2.75) is 11.3 Å². The number of H-pyrrole nitrogens is 1. The number of para-hydroxylation sites is 2. The predicted octanol–water partition coefficient (Wildman–Crippen LogP) is 5.18. The van der Waals surface area contributed by atoms with Crippen LogP contribution in [0.2, 0.25) is 5.02 Å². The van der Waals surface area contributed by atoms with E-state index in [-0.39, 0.29) is 22.9 Å². The molecule has 8 heteroatoms. The van der Waals surface area contributed by atoms with Crippen LogP contribution < -0.4 is 9.62 Å². The second-order valence-electron chi connectivity index (χ2n) is 7.67. The van der Waals surface area contributed by atoms with E-state index in [0.29, 0.717) is 23.7 Å². The molecule has 34 heavy (non-hydrogen) atoms. The number of carbonyl (C=O) groups excluding carboxylic acids is 1. The normalized spacial score (nSPS) is 11.3. The molecule has 0 aliphatic carbocycles. The number of carbonyl (C=O) groups is 1. The van der Waals surface area contributed by atoms with Crippen molar-refractivity contribution in [2.75, 3.05) is 17.4 Å². The second kappa shape index (κ2) is 10.2. The summed E-state index contributed by atoms with van der Waals surface area (Å²) < 4.78 is 28.0. The Morgan fingerprint density at radius 3 is 2.62 bits per heavy atom. The Morgan fingerprint density at radius 2 is 1.82 bits per heavy atom. The van der Waals surface area contributed by atoms with Crippen molar-refractivity contribution in [3.63, 3.8) is 0 Å². The van der Waals surface area contributed by atoms with E-state index in [1.165, 1.54) is 22.5 Å². The van der Waals surface area contributed by atoms with E-state index in [9.17, 15) is 13.2 Å². The molecule has 0 fully saturated rings. The first-order valence-electron chi connectivity index (χ1n) is 10.7. The van der Waals surface area contributed by atoms with Crippen LogP contribution in [0.25, 0.3) is 10.9 Å². The van der Waals surface area contributed by atoms with Crippen molar-refractivity contribution in [1.29, 1.82) is 0 Å². The molecule has 0 bridgehead atoms. The first-order chi connectivity index (χ1) is 16.4. The Morgan fingerprint density at radius 1 is 1.06 bits per heavy atom. The molecule has 4 aromatic rings. The van der Waals surface area contributed by atoms with Crippen LogP contribution in [0.4, 0.5) is 5.69 Å². The summed E-state index contributed by atoms with van der Waals surface area (Å²) in [5.41, 5.74) is 2.76. The monoisotopic (exact) mass is 493 g/mol. The highest BCUT2D eigenvalue weighted by Crippen LogP contribution is 2.30. The standard InChI is InChI=1S/C26H24ClN3O3S/c1-2-16-30(25-13-6-4-11-23(25)27)34(32,33)21-9-7-8-19(17-21)26(31)28-15-14-20-18-29-24-12-5-3-10-22(20)24/h2-13,17-18,29H,1,14-16H2,(H,28,31). The lowest BCUT2D eigenvalue weighted by molar-refractivity contribution is 0.0954. The molecule has 1 amide bonds. The van der Waals surface area contributed by atoms with Gasteiger partial charge in [-0.15, -0.1) is 6.58 Å². The van der Waals surface area contributed by atoms with Crippen molar-refractivity contribution in [3.05, 3.63) is 108 Å². The summed E-state index contributed by atoms with van der Waals surface area (Å²) in [6.07, 6.45) is 4.07. The largest absolute Gasteiger partial charge is 0.361 e. The van der Waals surface area contributed by atoms with Gasteiger partial charge in [-0.2, -0.15) is 0 Å². The summed E-state index contributed by atoms with van der Waals surface area (Å²) in [7, 11) is -3.98. The quantitative estimate of drug-likeness (QED) is 0.315. The van der Waals surface area contributed by atoms with E-state index >= 15 is 0 Å². The van der Waals surface area contributed by atoms with Gasteiger partial charge in [-0.05, 0) is 48.4 Å². The minimum atomic E-state index is -3.98. The summed E-state index contributed by atoms with van der Waals surface area (Å²) in [5, 5.41) is 4.30. The summed E-state index contributed by atoms with van der Waals surface area (Å²) in [6, 6.07) is 20.7. The SMILES string of the molecule is C=CCN(c1ccccc1Cl)S(=O)(=O)c1cccc(C(=O)NCCc2c[nH]c3ccccc23)c1. The van der Waals surface area contributed by atoms with E-state index in [4.69, 9.17) is 11.6 Å². The fourth-order valence-corrected chi connectivity index (χ4v) is 5.56. The molecule has 3 aromatic carbocycles. The minimum absolute atomic E-state index is 0.00134. The van der Waals surface area contributed by atoms with E-state index in [1.807, 2.05) is 30.5 Å². The number of sulfonamides is 1. The average Bonchev–Trinajstić information content (AvgIpc) is 3.26. The number of rotatable bonds is 9. The number of aromatic amines is 1. The molecule has 1 heterocycles. The molecular weight excluding hydrogens is 470 g/mol. The van der Waals surface area contributed by atoms with Crippen LogP contribution in [0.3, 0.4) is 0 Å². The lowest BCUT2D eigenvalue weighted by Crippen LogP contribution is -2.32. The number of halogens is 1. The average molecular weight is 494 g/mol. The maximum atomic E-state index is 13.4. The molecule has 0 saturated carbocycles. The van der Waals surface area contributed by atoms with Crippen LogP contribution in [0.5, 0.6) is 0 Å². The van der Waals surface area contributed by atoms with Gasteiger partial charge in [-0.3, -0.25) is 9.10 Å². The summed E-state index contributed by atoms with van der Waals surface area (Å²) in [5.74, 6) is -0.343. The van der Waals surface area contributed by atoms with E-state index in [1.54, 1.807) is 36.4 Å². The zero-order chi connectivity index (χ0) is 24.1. The second-order valence-corrected chi connectivity index (χ2v) is 9.94. The number of hydrogen-bond acceptors (Lipinski definition) is 3. The zero-order valence-corrected chi connectivity index (χ0v) is 19.9. The number of nitrogens with zero attached hydrogens (tertiary/aromatic N) is 1. The number of benzene rings is 3. The first kappa shape index (κ1) is 23.6. The van der Waals surface area contributed by atoms with Gasteiger partial charge in [0.2, 0.25) is 0 Å². The number of hydrogen-bond donors (Lipinski definition) is 2. The van der Waals surface area contributed by atoms with Crippen molar-refractivity contribution in [3.8, 4) is 0 Å². The summed E-state index contributed by atoms with van der Waals surface area (Å²) in [4.78, 5) is 16.0. The molecule has 1 aromatic heterocycles. The third-order valence-electron chi connectivity index (χ3n) is 5.46. The molecule has 0 atom stereocenters. The van der Waals surface area contributed by atoms with Gasteiger partial charge in [0.1, 0.15) is 0 Å². The highest BCUT2D eigenvalue weighted by Gasteiger charge is 2.26. The van der Waals surface area contributed by atoms with E-state index < -0.39 is 10.0 Å². The first-order valence-corrected chi connectivity index (χ1v) is 12.5. The number of amides is 1. The van der Waals surface area contributed by atoms with Gasteiger partial charge in [0.25, 0.3) is 15.9 Å². The third kappa shape index (κ3) is 4.85. The molecule has 0 saturated heterocycles. The van der Waals surface area contributed by atoms with E-state index in [2.05, 4.69) is 16.9 Å². The van der Waals surface area contributed by atoms with Crippen LogP contribution in [-0.4, -0.2) is 32.4 Å². The molecule has 0 aliphatic rings. The fourth-order valence-electron chi connectivity index (χ4n) is 3.77. The lowest BCUT2D eigenvalue weighted by Gasteiger charge is -2.24. The molecule has 2 N–H and O–H groups in total. The smallest absolute Gasteiger partial charge is 0.264 e. The highest BCUT2D eigenvalue weighted by molar-refractivity contribution is 7.92. The van der Waals surface area contributed by atoms with Crippen molar-refractivity contribution in [1.82, 2.24) is 10.3 Å². The molecule has 0 aliphatic heterocycles. The number of aromatic nitrogens is 1. The van der Waals surface area contributed by atoms with Crippen LogP contribution in [0, 0.1) is 0 Å². The molecule has 0 radical (unpaired) electrons. The molecule has 0 spiro atoms. The van der Waals surface area contributed by atoms with Gasteiger partial charge in [0.15, 0.2) is 0 Å². The molecular formula is C26H24ClN3O3S. The molecule has 4 rings (SSSR count). The molecule has 6 nitrogen and oxygen atoms in total. The summed E-state index contributed by atoms with van der Waals surface area (Å²) >= 11 is 6.26. The predicted molar refractivity (Wildman–Crippen MR) is 137 cm³/mol. The van der Waals surface area contributed by atoms with Crippen LogP contribution >= 0.6 is 11.6 Å². The lowest BCUT2D eigenvalue weighted by atomic mass is 10.1. The third-order valence-corrected chi connectivity index (χ3v) is 7.55. The fraction of sp³-hybridized carbons (Fsp3) is 0.115. The number of nitrogens with one attached hydrogen (secondary N) is 2. The van der Waals surface area contributed by atoms with Gasteiger partial charge in [0, 0.05) is 29.2 Å². The topological polar surface area (TPSA) is 82.3 Å². The molecule has 0 unspecified atom stereocenters. The number of fused-ring (bicyclic) bond motifs is 1. The molecule has 174 valence electrons. The van der Waals surface area contributed by atoms with E-state index in [0.717, 1.165) is 16.5 Å². The number of anilines is 1. The Balaban J connectivity index is 1.51. The Labute approximate surface area is 203 Å². The zero-order valence-electron chi connectivity index (χ0n) is 18.4. The van der Waals surface area contributed by atoms with Gasteiger partial charge in [-0.1, -0.05) is 54.1 Å². The van der Waals surface area contributed by atoms with Gasteiger partial charge < -0.3 is 10.3 Å². The van der Waals surface area contributed by atoms with Crippen molar-refractivity contribution in [2.24, 2.45) is 0 Å². The Kier molecular flexibility index (Phi) is 7.05. The minimum Gasteiger partial charge on any atom is -0.361 e. The van der Waals surface area contributed by atoms with Gasteiger partial charge >= 0.3 is 0 Å². The maximum absolute atomic E-state index is 13.4. The van der Waals surface area contributed by atoms with Crippen molar-refractivity contribution < 1.29 is 13.2 Å². The van der Waals surface area contributed by atoms with Crippen molar-refractivity contribution >= 4 is 44.1 Å². The summed E-state index contributed by atoms with van der Waals surface area (Å²) in [6.45, 7) is 4.12. The maximum Gasteiger partial charge on any atom is 0.264 e. The Bertz CT molecular complexity index is 1450. The van der Waals surface area contributed by atoms with Crippen LogP contribution in [-0.2, 0) is 16.4 Å². The Hall–Kier alpha value is -3.55. The van der Waals surface area contributed by atoms with Crippen LogP contribution in [0.1, 0.15) is 15.9 Å². The van der Waals surface area contributed by atoms with Crippen LogP contribution in [0.15, 0.2) is 96.5 Å². The van der Waals surface area contributed by atoms with Gasteiger partial charge in [-0.25, -0.2) is 8.42 Å².